The summed E-state index contributed by atoms with van der Waals surface area (Å²) in [6.07, 6.45) is 2.35. The number of hydrogen-bond acceptors (Lipinski definition) is 1. The fraction of sp³-hybridized carbons (Fsp3) is 0.400. The van der Waals surface area contributed by atoms with Crippen molar-refractivity contribution in [2.45, 2.75) is 26.7 Å². The van der Waals surface area contributed by atoms with E-state index in [9.17, 15) is 0 Å². The molecule has 1 nitrogen and oxygen atoms in total. The van der Waals surface area contributed by atoms with Gasteiger partial charge in [-0.1, -0.05) is 25.5 Å². The van der Waals surface area contributed by atoms with E-state index >= 15 is 0 Å². The molecule has 1 aromatic rings. The van der Waals surface area contributed by atoms with Crippen LogP contribution in [0.5, 0.6) is 0 Å². The summed E-state index contributed by atoms with van der Waals surface area (Å²) in [5, 5.41) is 0. The Balaban J connectivity index is 2.86. The first kappa shape index (κ1) is 8.12. The molecule has 60 valence electrons. The van der Waals surface area contributed by atoms with Gasteiger partial charge in [-0.3, -0.25) is 0 Å². The highest BCUT2D eigenvalue weighted by Gasteiger charge is 1.94. The number of benzene rings is 1. The van der Waals surface area contributed by atoms with Gasteiger partial charge in [0.1, 0.15) is 0 Å². The van der Waals surface area contributed by atoms with E-state index in [2.05, 4.69) is 26.0 Å². The Morgan fingerprint density at radius 2 is 2.09 bits per heavy atom. The molecule has 0 bridgehead atoms. The molecule has 1 rings (SSSR count). The summed E-state index contributed by atoms with van der Waals surface area (Å²) in [5.74, 6) is 0. The Labute approximate surface area is 68.2 Å². The molecule has 0 saturated carbocycles. The Morgan fingerprint density at radius 1 is 1.36 bits per heavy atom. The zero-order valence-corrected chi connectivity index (χ0v) is 7.22. The van der Waals surface area contributed by atoms with Crippen LogP contribution in [-0.2, 0) is 6.42 Å². The van der Waals surface area contributed by atoms with Gasteiger partial charge in [-0.2, -0.15) is 0 Å². The lowest BCUT2D eigenvalue weighted by Gasteiger charge is -2.02. The fourth-order valence-electron chi connectivity index (χ4n) is 1.18. The van der Waals surface area contributed by atoms with Gasteiger partial charge >= 0.3 is 0 Å². The molecule has 0 unspecified atom stereocenters. The van der Waals surface area contributed by atoms with E-state index in [4.69, 9.17) is 5.73 Å². The molecule has 11 heavy (non-hydrogen) atoms. The molecule has 0 fully saturated rings. The third-order valence-corrected chi connectivity index (χ3v) is 1.87. The second kappa shape index (κ2) is 3.42. The number of aryl methyl sites for hydroxylation is 2. The van der Waals surface area contributed by atoms with Gasteiger partial charge in [0, 0.05) is 5.69 Å². The molecular weight excluding hydrogens is 134 g/mol. The van der Waals surface area contributed by atoms with Crippen molar-refractivity contribution in [1.29, 1.82) is 0 Å². The fourth-order valence-corrected chi connectivity index (χ4v) is 1.18. The Hall–Kier alpha value is -0.980. The average Bonchev–Trinajstić information content (AvgIpc) is 1.98. The molecule has 0 spiro atoms. The quantitative estimate of drug-likeness (QED) is 0.642. The lowest BCUT2D eigenvalue weighted by molar-refractivity contribution is 0.920. The van der Waals surface area contributed by atoms with Crippen molar-refractivity contribution in [3.8, 4) is 0 Å². The summed E-state index contributed by atoms with van der Waals surface area (Å²) in [6.45, 7) is 4.24. The Kier molecular flexibility index (Phi) is 2.53. The molecule has 0 aliphatic rings. The van der Waals surface area contributed by atoms with Gasteiger partial charge in [0.2, 0.25) is 0 Å². The summed E-state index contributed by atoms with van der Waals surface area (Å²) in [4.78, 5) is 0. The molecule has 0 aliphatic carbocycles. The first-order valence-electron chi connectivity index (χ1n) is 4.09. The maximum atomic E-state index is 5.68. The van der Waals surface area contributed by atoms with E-state index in [1.165, 1.54) is 17.5 Å². The molecule has 0 saturated heterocycles. The number of nitrogen functional groups attached to an aromatic ring is 1. The van der Waals surface area contributed by atoms with Crippen LogP contribution in [0.15, 0.2) is 18.2 Å². The number of rotatable bonds is 2. The second-order valence-corrected chi connectivity index (χ2v) is 2.94. The van der Waals surface area contributed by atoms with Gasteiger partial charge in [-0.05, 0) is 30.5 Å². The predicted molar refractivity (Wildman–Crippen MR) is 49.6 cm³/mol. The molecule has 1 heteroatoms. The predicted octanol–water partition coefficient (Wildman–Crippen LogP) is 2.53. The van der Waals surface area contributed by atoms with Gasteiger partial charge in [0.25, 0.3) is 0 Å². The summed E-state index contributed by atoms with van der Waals surface area (Å²) in [6, 6.07) is 6.25. The normalized spacial score (nSPS) is 10.0. The standard InChI is InChI=1S/C10H15N/c1-3-4-9-5-6-10(11)8(2)7-9/h5-7H,3-4,11H2,1-2H3. The highest BCUT2D eigenvalue weighted by Crippen LogP contribution is 2.13. The minimum absolute atomic E-state index is 0.893. The van der Waals surface area contributed by atoms with E-state index in [0.717, 1.165) is 12.1 Å². The Bertz CT molecular complexity index is 241. The van der Waals surface area contributed by atoms with Crippen LogP contribution in [0.2, 0.25) is 0 Å². The van der Waals surface area contributed by atoms with Crippen molar-refractivity contribution in [3.63, 3.8) is 0 Å². The van der Waals surface area contributed by atoms with E-state index in [1.807, 2.05) is 6.07 Å². The highest BCUT2D eigenvalue weighted by atomic mass is 14.5. The third-order valence-electron chi connectivity index (χ3n) is 1.87. The third kappa shape index (κ3) is 1.97. The molecule has 2 N–H and O–H groups in total. The van der Waals surface area contributed by atoms with Gasteiger partial charge in [0.15, 0.2) is 0 Å². The van der Waals surface area contributed by atoms with Crippen molar-refractivity contribution in [1.82, 2.24) is 0 Å². The monoisotopic (exact) mass is 149 g/mol. The van der Waals surface area contributed by atoms with Crippen molar-refractivity contribution >= 4 is 5.69 Å². The van der Waals surface area contributed by atoms with Gasteiger partial charge < -0.3 is 5.73 Å². The molecule has 0 amide bonds. The lowest BCUT2D eigenvalue weighted by Crippen LogP contribution is -1.91. The zero-order valence-electron chi connectivity index (χ0n) is 7.22. The van der Waals surface area contributed by atoms with Crippen LogP contribution < -0.4 is 5.73 Å². The van der Waals surface area contributed by atoms with E-state index in [-0.39, 0.29) is 0 Å². The van der Waals surface area contributed by atoms with E-state index in [0.29, 0.717) is 0 Å². The topological polar surface area (TPSA) is 26.0 Å². The van der Waals surface area contributed by atoms with Crippen LogP contribution in [0.25, 0.3) is 0 Å². The van der Waals surface area contributed by atoms with Gasteiger partial charge in [-0.25, -0.2) is 0 Å². The van der Waals surface area contributed by atoms with Gasteiger partial charge in [-0.15, -0.1) is 0 Å². The highest BCUT2D eigenvalue weighted by molar-refractivity contribution is 5.47. The van der Waals surface area contributed by atoms with Crippen LogP contribution in [0.1, 0.15) is 24.5 Å². The Morgan fingerprint density at radius 3 is 2.64 bits per heavy atom. The smallest absolute Gasteiger partial charge is 0.0343 e. The number of nitrogens with two attached hydrogens (primary N) is 1. The first-order chi connectivity index (χ1) is 5.24. The van der Waals surface area contributed by atoms with Crippen molar-refractivity contribution in [2.75, 3.05) is 5.73 Å². The van der Waals surface area contributed by atoms with Crippen molar-refractivity contribution in [3.05, 3.63) is 29.3 Å². The van der Waals surface area contributed by atoms with Crippen LogP contribution in [0, 0.1) is 6.92 Å². The van der Waals surface area contributed by atoms with Crippen LogP contribution in [0.4, 0.5) is 5.69 Å². The van der Waals surface area contributed by atoms with Crippen molar-refractivity contribution in [2.24, 2.45) is 0 Å². The summed E-state index contributed by atoms with van der Waals surface area (Å²) in [7, 11) is 0. The lowest BCUT2D eigenvalue weighted by atomic mass is 10.1. The maximum absolute atomic E-state index is 5.68. The molecular formula is C10H15N. The molecule has 0 radical (unpaired) electrons. The van der Waals surface area contributed by atoms with Crippen LogP contribution in [-0.4, -0.2) is 0 Å². The second-order valence-electron chi connectivity index (χ2n) is 2.94. The molecule has 0 heterocycles. The first-order valence-corrected chi connectivity index (χ1v) is 4.09. The minimum Gasteiger partial charge on any atom is -0.399 e. The summed E-state index contributed by atoms with van der Waals surface area (Å²) >= 11 is 0. The van der Waals surface area contributed by atoms with Crippen molar-refractivity contribution < 1.29 is 0 Å². The zero-order chi connectivity index (χ0) is 8.27. The number of hydrogen-bond donors (Lipinski definition) is 1. The maximum Gasteiger partial charge on any atom is 0.0343 e. The molecule has 0 atom stereocenters. The summed E-state index contributed by atoms with van der Waals surface area (Å²) < 4.78 is 0. The SMILES string of the molecule is CCCc1ccc(N)c(C)c1. The van der Waals surface area contributed by atoms with E-state index < -0.39 is 0 Å². The number of anilines is 1. The molecule has 0 aliphatic heterocycles. The van der Waals surface area contributed by atoms with Crippen LogP contribution >= 0.6 is 0 Å². The molecule has 1 aromatic carbocycles. The molecule has 0 aromatic heterocycles. The summed E-state index contributed by atoms with van der Waals surface area (Å²) in [5.41, 5.74) is 9.16. The largest absolute Gasteiger partial charge is 0.399 e. The van der Waals surface area contributed by atoms with E-state index in [1.54, 1.807) is 0 Å². The van der Waals surface area contributed by atoms with Crippen LogP contribution in [0.3, 0.4) is 0 Å². The average molecular weight is 149 g/mol. The minimum atomic E-state index is 0.893. The van der Waals surface area contributed by atoms with Gasteiger partial charge in [0.05, 0.1) is 0 Å².